The fourth-order valence-electron chi connectivity index (χ4n) is 1.33. The van der Waals surface area contributed by atoms with Gasteiger partial charge in [0.05, 0.1) is 12.5 Å². The van der Waals surface area contributed by atoms with Gasteiger partial charge in [-0.2, -0.15) is 4.98 Å². The lowest BCUT2D eigenvalue weighted by Crippen LogP contribution is -2.27. The van der Waals surface area contributed by atoms with Crippen molar-refractivity contribution in [1.29, 1.82) is 0 Å². The largest absolute Gasteiger partial charge is 0.381 e. The first kappa shape index (κ1) is 13.1. The second kappa shape index (κ2) is 6.60. The molecule has 0 saturated heterocycles. The van der Waals surface area contributed by atoms with E-state index in [0.29, 0.717) is 25.0 Å². The summed E-state index contributed by atoms with van der Waals surface area (Å²) < 4.78 is 10.5. The number of rotatable bonds is 7. The van der Waals surface area contributed by atoms with Crippen molar-refractivity contribution in [2.45, 2.75) is 39.2 Å². The molecule has 0 saturated carbocycles. The molecule has 2 atom stereocenters. The molecule has 0 radical (unpaired) electrons. The van der Waals surface area contributed by atoms with E-state index in [-0.39, 0.29) is 5.92 Å². The first-order valence-electron chi connectivity index (χ1n) is 5.76. The highest BCUT2D eigenvalue weighted by Crippen LogP contribution is 2.16. The van der Waals surface area contributed by atoms with Crippen molar-refractivity contribution in [1.82, 2.24) is 15.5 Å². The summed E-state index contributed by atoms with van der Waals surface area (Å²) in [6, 6.07) is 0.320. The molecule has 92 valence electrons. The minimum atomic E-state index is 0.221. The third-order valence-corrected chi connectivity index (χ3v) is 2.75. The second-order valence-electron chi connectivity index (χ2n) is 3.86. The maximum Gasteiger partial charge on any atom is 0.231 e. The molecule has 0 amide bonds. The van der Waals surface area contributed by atoms with E-state index in [9.17, 15) is 0 Å². The van der Waals surface area contributed by atoms with Crippen molar-refractivity contribution in [3.8, 4) is 0 Å². The molecule has 1 aromatic heterocycles. The van der Waals surface area contributed by atoms with E-state index in [1.54, 1.807) is 0 Å². The van der Waals surface area contributed by atoms with Crippen LogP contribution in [0, 0.1) is 0 Å². The van der Waals surface area contributed by atoms with Gasteiger partial charge in [-0.3, -0.25) is 0 Å². The third kappa shape index (κ3) is 3.57. The minimum absolute atomic E-state index is 0.221. The highest BCUT2D eigenvalue weighted by molar-refractivity contribution is 4.96. The van der Waals surface area contributed by atoms with Crippen LogP contribution in [0.5, 0.6) is 0 Å². The molecule has 0 aliphatic rings. The molecule has 5 heteroatoms. The summed E-state index contributed by atoms with van der Waals surface area (Å²) in [6.45, 7) is 7.50. The zero-order valence-corrected chi connectivity index (χ0v) is 10.5. The fourth-order valence-corrected chi connectivity index (χ4v) is 1.33. The van der Waals surface area contributed by atoms with E-state index >= 15 is 0 Å². The van der Waals surface area contributed by atoms with Crippen LogP contribution in [0.3, 0.4) is 0 Å². The Hall–Kier alpha value is -0.940. The lowest BCUT2D eigenvalue weighted by Gasteiger charge is -2.14. The molecule has 1 rings (SSSR count). The smallest absolute Gasteiger partial charge is 0.231 e. The van der Waals surface area contributed by atoms with Gasteiger partial charge in [-0.15, -0.1) is 0 Å². The maximum absolute atomic E-state index is 5.24. The van der Waals surface area contributed by atoms with E-state index < -0.39 is 0 Å². The number of aromatic nitrogens is 2. The average Bonchev–Trinajstić information content (AvgIpc) is 2.76. The Morgan fingerprint density at radius 2 is 2.19 bits per heavy atom. The predicted molar refractivity (Wildman–Crippen MR) is 61.4 cm³/mol. The van der Waals surface area contributed by atoms with Gasteiger partial charge in [-0.05, 0) is 20.9 Å². The standard InChI is InChI=1S/C11H21N3O2/c1-5-15-7-6-10-13-11(16-14-10)8(2)9(3)12-4/h8-9,12H,5-7H2,1-4H3. The Bertz CT molecular complexity index is 301. The van der Waals surface area contributed by atoms with E-state index in [1.807, 2.05) is 14.0 Å². The zero-order valence-electron chi connectivity index (χ0n) is 10.5. The van der Waals surface area contributed by atoms with Crippen molar-refractivity contribution >= 4 is 0 Å². The maximum atomic E-state index is 5.24. The number of ether oxygens (including phenoxy) is 1. The van der Waals surface area contributed by atoms with E-state index in [1.165, 1.54) is 0 Å². The monoisotopic (exact) mass is 227 g/mol. The summed E-state index contributed by atoms with van der Waals surface area (Å²) in [6.07, 6.45) is 0.706. The second-order valence-corrected chi connectivity index (χ2v) is 3.86. The van der Waals surface area contributed by atoms with Crippen LogP contribution in [0.15, 0.2) is 4.52 Å². The summed E-state index contributed by atoms with van der Waals surface area (Å²) >= 11 is 0. The van der Waals surface area contributed by atoms with Gasteiger partial charge in [0.2, 0.25) is 5.89 Å². The summed E-state index contributed by atoms with van der Waals surface area (Å²) in [5.74, 6) is 1.63. The first-order chi connectivity index (χ1) is 7.69. The van der Waals surface area contributed by atoms with Crippen molar-refractivity contribution < 1.29 is 9.26 Å². The Morgan fingerprint density at radius 1 is 1.44 bits per heavy atom. The van der Waals surface area contributed by atoms with Crippen molar-refractivity contribution in [2.75, 3.05) is 20.3 Å². The third-order valence-electron chi connectivity index (χ3n) is 2.75. The molecule has 0 spiro atoms. The molecule has 0 fully saturated rings. The zero-order chi connectivity index (χ0) is 12.0. The Labute approximate surface area is 96.6 Å². The summed E-state index contributed by atoms with van der Waals surface area (Å²) in [5.41, 5.74) is 0. The van der Waals surface area contributed by atoms with Gasteiger partial charge in [0.15, 0.2) is 5.82 Å². The van der Waals surface area contributed by atoms with Crippen molar-refractivity contribution in [3.05, 3.63) is 11.7 Å². The number of hydrogen-bond acceptors (Lipinski definition) is 5. The van der Waals surface area contributed by atoms with E-state index in [2.05, 4.69) is 29.3 Å². The first-order valence-corrected chi connectivity index (χ1v) is 5.76. The molecule has 0 aromatic carbocycles. The SMILES string of the molecule is CCOCCc1noc(C(C)C(C)NC)n1. The molecular formula is C11H21N3O2. The highest BCUT2D eigenvalue weighted by atomic mass is 16.5. The molecule has 1 heterocycles. The number of nitrogens with one attached hydrogen (secondary N) is 1. The van der Waals surface area contributed by atoms with Crippen molar-refractivity contribution in [2.24, 2.45) is 0 Å². The molecule has 0 bridgehead atoms. The van der Waals surface area contributed by atoms with Crippen LogP contribution in [0.4, 0.5) is 0 Å². The van der Waals surface area contributed by atoms with Gasteiger partial charge >= 0.3 is 0 Å². The average molecular weight is 227 g/mol. The van der Waals surface area contributed by atoms with E-state index in [0.717, 1.165) is 12.4 Å². The molecular weight excluding hydrogens is 206 g/mol. The molecule has 0 aliphatic carbocycles. The quantitative estimate of drug-likeness (QED) is 0.713. The molecule has 0 aliphatic heterocycles. The van der Waals surface area contributed by atoms with Gasteiger partial charge < -0.3 is 14.6 Å². The van der Waals surface area contributed by atoms with Crippen LogP contribution in [-0.2, 0) is 11.2 Å². The van der Waals surface area contributed by atoms with Crippen LogP contribution < -0.4 is 5.32 Å². The number of likely N-dealkylation sites (N-methyl/N-ethyl adjacent to an activating group) is 1. The lowest BCUT2D eigenvalue weighted by molar-refractivity contribution is 0.149. The molecule has 1 aromatic rings. The normalized spacial score (nSPS) is 15.0. The molecule has 16 heavy (non-hydrogen) atoms. The highest BCUT2D eigenvalue weighted by Gasteiger charge is 2.19. The summed E-state index contributed by atoms with van der Waals surface area (Å²) in [7, 11) is 1.92. The molecule has 2 unspecified atom stereocenters. The van der Waals surface area contributed by atoms with Crippen LogP contribution in [0.1, 0.15) is 38.4 Å². The summed E-state index contributed by atoms with van der Waals surface area (Å²) in [4.78, 5) is 4.35. The lowest BCUT2D eigenvalue weighted by atomic mass is 10.0. The van der Waals surface area contributed by atoms with E-state index in [4.69, 9.17) is 9.26 Å². The van der Waals surface area contributed by atoms with Crippen LogP contribution in [0.25, 0.3) is 0 Å². The van der Waals surface area contributed by atoms with Crippen LogP contribution >= 0.6 is 0 Å². The van der Waals surface area contributed by atoms with Gasteiger partial charge in [0, 0.05) is 19.1 Å². The van der Waals surface area contributed by atoms with Gasteiger partial charge in [-0.1, -0.05) is 12.1 Å². The van der Waals surface area contributed by atoms with Gasteiger partial charge in [0.25, 0.3) is 0 Å². The van der Waals surface area contributed by atoms with Crippen LogP contribution in [-0.4, -0.2) is 36.4 Å². The molecule has 1 N–H and O–H groups in total. The van der Waals surface area contributed by atoms with Gasteiger partial charge in [0.1, 0.15) is 0 Å². The minimum Gasteiger partial charge on any atom is -0.381 e. The van der Waals surface area contributed by atoms with Crippen LogP contribution in [0.2, 0.25) is 0 Å². The Morgan fingerprint density at radius 3 is 2.81 bits per heavy atom. The number of nitrogens with zero attached hydrogens (tertiary/aromatic N) is 2. The molecule has 5 nitrogen and oxygen atoms in total. The Balaban J connectivity index is 2.50. The van der Waals surface area contributed by atoms with Gasteiger partial charge in [-0.25, -0.2) is 0 Å². The van der Waals surface area contributed by atoms with Crippen molar-refractivity contribution in [3.63, 3.8) is 0 Å². The summed E-state index contributed by atoms with van der Waals surface area (Å²) in [5, 5.41) is 7.10. The fraction of sp³-hybridized carbons (Fsp3) is 0.818. The Kier molecular flexibility index (Phi) is 5.42. The topological polar surface area (TPSA) is 60.2 Å². The predicted octanol–water partition coefficient (Wildman–Crippen LogP) is 1.36. The number of hydrogen-bond donors (Lipinski definition) is 1.